The second-order valence-electron chi connectivity index (χ2n) is 6.05. The molecule has 0 fully saturated rings. The summed E-state index contributed by atoms with van der Waals surface area (Å²) in [6.45, 7) is 5.32. The first-order chi connectivity index (χ1) is 12.2. The first kappa shape index (κ1) is 15.6. The zero-order valence-corrected chi connectivity index (χ0v) is 14.4. The summed E-state index contributed by atoms with van der Waals surface area (Å²) >= 11 is 0. The molecule has 2 aromatic heterocycles. The Labute approximate surface area is 145 Å². The molecule has 0 saturated carbocycles. The second kappa shape index (κ2) is 6.20. The fourth-order valence-electron chi connectivity index (χ4n) is 3.27. The number of ether oxygens (including phenoxy) is 1. The van der Waals surface area contributed by atoms with E-state index in [0.717, 1.165) is 29.0 Å². The van der Waals surface area contributed by atoms with Gasteiger partial charge < -0.3 is 4.74 Å². The summed E-state index contributed by atoms with van der Waals surface area (Å²) in [5.41, 5.74) is 2.66. The highest BCUT2D eigenvalue weighted by molar-refractivity contribution is 6.06. The number of aliphatic imine (C=N–C) groups is 1. The normalized spacial score (nSPS) is 13.1. The Kier molecular flexibility index (Phi) is 3.87. The molecule has 0 N–H and O–H groups in total. The first-order valence-electron chi connectivity index (χ1n) is 8.62. The molecule has 25 heavy (non-hydrogen) atoms. The van der Waals surface area contributed by atoms with E-state index >= 15 is 0 Å². The van der Waals surface area contributed by atoms with Crippen LogP contribution in [-0.2, 0) is 13.0 Å². The Hall–Kier alpha value is -2.89. The van der Waals surface area contributed by atoms with Crippen LogP contribution in [0.1, 0.15) is 31.4 Å². The maximum atomic E-state index is 12.9. The number of benzene rings is 1. The molecular formula is C19H20N4O2. The highest BCUT2D eigenvalue weighted by Gasteiger charge is 2.24. The van der Waals surface area contributed by atoms with E-state index in [1.165, 1.54) is 0 Å². The van der Waals surface area contributed by atoms with Crippen molar-refractivity contribution >= 4 is 17.3 Å². The van der Waals surface area contributed by atoms with Gasteiger partial charge in [0.15, 0.2) is 0 Å². The SMILES string of the molecule is CCCn1c(=O)c2c(n3ccnc13)N=C(c1ccc(OCC)cc1)C2. The molecule has 0 radical (unpaired) electrons. The Bertz CT molecular complexity index is 1010. The average Bonchev–Trinajstić information content (AvgIpc) is 3.26. The minimum atomic E-state index is 0.0141. The Morgan fingerprint density at radius 1 is 1.20 bits per heavy atom. The van der Waals surface area contributed by atoms with Crippen LogP contribution in [0.5, 0.6) is 5.75 Å². The van der Waals surface area contributed by atoms with Gasteiger partial charge in [-0.1, -0.05) is 6.92 Å². The molecule has 3 aromatic rings. The third-order valence-corrected chi connectivity index (χ3v) is 4.39. The molecule has 0 saturated heterocycles. The predicted molar refractivity (Wildman–Crippen MR) is 97.3 cm³/mol. The van der Waals surface area contributed by atoms with E-state index in [4.69, 9.17) is 9.73 Å². The highest BCUT2D eigenvalue weighted by Crippen LogP contribution is 2.28. The van der Waals surface area contributed by atoms with Crippen LogP contribution in [0.15, 0.2) is 46.4 Å². The number of fused-ring (bicyclic) bond motifs is 3. The van der Waals surface area contributed by atoms with E-state index in [2.05, 4.69) is 11.9 Å². The molecule has 0 bridgehead atoms. The van der Waals surface area contributed by atoms with Gasteiger partial charge in [-0.25, -0.2) is 9.98 Å². The van der Waals surface area contributed by atoms with Gasteiger partial charge in [0.2, 0.25) is 5.78 Å². The van der Waals surface area contributed by atoms with Crippen LogP contribution in [0.4, 0.5) is 5.82 Å². The van der Waals surface area contributed by atoms with Gasteiger partial charge in [0.1, 0.15) is 11.6 Å². The predicted octanol–water partition coefficient (Wildman–Crippen LogP) is 2.98. The van der Waals surface area contributed by atoms with Crippen LogP contribution in [0.2, 0.25) is 0 Å². The smallest absolute Gasteiger partial charge is 0.260 e. The Morgan fingerprint density at radius 2 is 2.00 bits per heavy atom. The summed E-state index contributed by atoms with van der Waals surface area (Å²) in [4.78, 5) is 22.0. The van der Waals surface area contributed by atoms with Crippen molar-refractivity contribution in [2.75, 3.05) is 6.61 Å². The van der Waals surface area contributed by atoms with Crippen molar-refractivity contribution in [3.63, 3.8) is 0 Å². The van der Waals surface area contributed by atoms with Crippen LogP contribution >= 0.6 is 0 Å². The summed E-state index contributed by atoms with van der Waals surface area (Å²) in [7, 11) is 0. The monoisotopic (exact) mass is 336 g/mol. The van der Waals surface area contributed by atoms with Crippen LogP contribution in [0, 0.1) is 0 Å². The third kappa shape index (κ3) is 2.54. The molecule has 6 heteroatoms. The standard InChI is InChI=1S/C19H20N4O2/c1-3-10-23-18(24)15-12-16(13-5-7-14(8-6-13)25-4-2)21-17(15)22-11-9-20-19(22)23/h5-9,11H,3-4,10,12H2,1-2H3. The van der Waals surface area contributed by atoms with Crippen molar-refractivity contribution < 1.29 is 4.74 Å². The fraction of sp³-hybridized carbons (Fsp3) is 0.316. The molecule has 128 valence electrons. The number of hydrogen-bond acceptors (Lipinski definition) is 4. The molecule has 0 spiro atoms. The molecule has 1 aliphatic heterocycles. The lowest BCUT2D eigenvalue weighted by Gasteiger charge is -2.09. The van der Waals surface area contributed by atoms with Crippen LogP contribution < -0.4 is 10.3 Å². The zero-order valence-electron chi connectivity index (χ0n) is 14.4. The summed E-state index contributed by atoms with van der Waals surface area (Å²) in [5.74, 6) is 2.20. The highest BCUT2D eigenvalue weighted by atomic mass is 16.5. The lowest BCUT2D eigenvalue weighted by Crippen LogP contribution is -2.26. The molecule has 4 rings (SSSR count). The summed E-state index contributed by atoms with van der Waals surface area (Å²) in [6.07, 6.45) is 5.00. The zero-order chi connectivity index (χ0) is 17.4. The lowest BCUT2D eigenvalue weighted by atomic mass is 10.1. The van der Waals surface area contributed by atoms with Crippen molar-refractivity contribution in [2.24, 2.45) is 4.99 Å². The van der Waals surface area contributed by atoms with Crippen molar-refractivity contribution in [3.05, 3.63) is 58.1 Å². The molecule has 1 aromatic carbocycles. The van der Waals surface area contributed by atoms with Crippen molar-refractivity contribution in [2.45, 2.75) is 33.2 Å². The third-order valence-electron chi connectivity index (χ3n) is 4.39. The van der Waals surface area contributed by atoms with E-state index < -0.39 is 0 Å². The van der Waals surface area contributed by atoms with Crippen LogP contribution in [-0.4, -0.2) is 26.3 Å². The van der Waals surface area contributed by atoms with Crippen LogP contribution in [0.3, 0.4) is 0 Å². The molecule has 3 heterocycles. The molecule has 0 aliphatic carbocycles. The van der Waals surface area contributed by atoms with Crippen molar-refractivity contribution in [1.82, 2.24) is 14.0 Å². The van der Waals surface area contributed by atoms with Gasteiger partial charge in [-0.05, 0) is 43.2 Å². The van der Waals surface area contributed by atoms with Crippen molar-refractivity contribution in [3.8, 4) is 5.75 Å². The number of aryl methyl sites for hydroxylation is 1. The van der Waals surface area contributed by atoms with E-state index in [0.29, 0.717) is 31.2 Å². The number of rotatable bonds is 5. The number of nitrogens with zero attached hydrogens (tertiary/aromatic N) is 4. The number of imidazole rings is 1. The molecule has 1 aliphatic rings. The Morgan fingerprint density at radius 3 is 2.72 bits per heavy atom. The van der Waals surface area contributed by atoms with Gasteiger partial charge in [-0.15, -0.1) is 0 Å². The van der Waals surface area contributed by atoms with Gasteiger partial charge in [-0.2, -0.15) is 0 Å². The molecule has 0 atom stereocenters. The minimum absolute atomic E-state index is 0.0141. The van der Waals surface area contributed by atoms with Crippen LogP contribution in [0.25, 0.3) is 5.78 Å². The van der Waals surface area contributed by atoms with Gasteiger partial charge in [0.05, 0.1) is 17.9 Å². The largest absolute Gasteiger partial charge is 0.494 e. The second-order valence-corrected chi connectivity index (χ2v) is 6.05. The Balaban J connectivity index is 1.78. The van der Waals surface area contributed by atoms with Gasteiger partial charge in [0.25, 0.3) is 5.56 Å². The minimum Gasteiger partial charge on any atom is -0.494 e. The van der Waals surface area contributed by atoms with E-state index in [1.807, 2.05) is 41.8 Å². The summed E-state index contributed by atoms with van der Waals surface area (Å²) in [5, 5.41) is 0. The number of aromatic nitrogens is 3. The van der Waals surface area contributed by atoms with Gasteiger partial charge in [-0.3, -0.25) is 13.8 Å². The maximum absolute atomic E-state index is 12.9. The quantitative estimate of drug-likeness (QED) is 0.719. The fourth-order valence-corrected chi connectivity index (χ4v) is 3.27. The topological polar surface area (TPSA) is 60.9 Å². The number of hydrogen-bond donors (Lipinski definition) is 0. The van der Waals surface area contributed by atoms with Gasteiger partial charge in [0, 0.05) is 25.4 Å². The average molecular weight is 336 g/mol. The molecule has 0 unspecified atom stereocenters. The lowest BCUT2D eigenvalue weighted by molar-refractivity contribution is 0.340. The first-order valence-corrected chi connectivity index (χ1v) is 8.62. The molecular weight excluding hydrogens is 316 g/mol. The summed E-state index contributed by atoms with van der Waals surface area (Å²) in [6, 6.07) is 7.86. The molecule has 6 nitrogen and oxygen atoms in total. The summed E-state index contributed by atoms with van der Waals surface area (Å²) < 4.78 is 9.14. The molecule has 0 amide bonds. The maximum Gasteiger partial charge on any atom is 0.260 e. The van der Waals surface area contributed by atoms with E-state index in [1.54, 1.807) is 10.8 Å². The van der Waals surface area contributed by atoms with E-state index in [-0.39, 0.29) is 5.56 Å². The van der Waals surface area contributed by atoms with E-state index in [9.17, 15) is 4.79 Å². The van der Waals surface area contributed by atoms with Gasteiger partial charge >= 0.3 is 0 Å². The van der Waals surface area contributed by atoms with Crippen molar-refractivity contribution in [1.29, 1.82) is 0 Å².